The molecular formula is C8H15N3OS. The molecule has 1 N–H and O–H groups in total. The van der Waals surface area contributed by atoms with Crippen LogP contribution in [0.15, 0.2) is 17.3 Å². The largest absolute Gasteiger partial charge is 0.250 e. The summed E-state index contributed by atoms with van der Waals surface area (Å²) >= 11 is 0. The van der Waals surface area contributed by atoms with Crippen LogP contribution in [0.4, 0.5) is 0 Å². The van der Waals surface area contributed by atoms with Crippen LogP contribution < -0.4 is 0 Å². The van der Waals surface area contributed by atoms with Crippen LogP contribution in [0.25, 0.3) is 0 Å². The number of nitrogens with one attached hydrogen (secondary N) is 1. The Morgan fingerprint density at radius 1 is 1.54 bits per heavy atom. The smallest absolute Gasteiger partial charge is 0.133 e. The fourth-order valence-electron chi connectivity index (χ4n) is 1.09. The van der Waals surface area contributed by atoms with Gasteiger partial charge in [0.05, 0.1) is 21.5 Å². The van der Waals surface area contributed by atoms with Gasteiger partial charge in [-0.3, -0.25) is 4.68 Å². The Morgan fingerprint density at radius 2 is 2.08 bits per heavy atom. The zero-order chi connectivity index (χ0) is 10.3. The van der Waals surface area contributed by atoms with Crippen molar-refractivity contribution in [1.29, 1.82) is 4.78 Å². The SMILES string of the molecule is CC(C)(C)n1nccc1S(C)(=N)=O. The van der Waals surface area contributed by atoms with Crippen molar-refractivity contribution in [3.05, 3.63) is 12.3 Å². The summed E-state index contributed by atoms with van der Waals surface area (Å²) in [5.41, 5.74) is -0.224. The maximum atomic E-state index is 11.5. The van der Waals surface area contributed by atoms with Gasteiger partial charge in [-0.2, -0.15) is 5.10 Å². The van der Waals surface area contributed by atoms with Crippen LogP contribution in [0.3, 0.4) is 0 Å². The van der Waals surface area contributed by atoms with Crippen LogP contribution >= 0.6 is 0 Å². The number of nitrogens with zero attached hydrogens (tertiary/aromatic N) is 2. The summed E-state index contributed by atoms with van der Waals surface area (Å²) in [6.45, 7) is 5.90. The molecule has 0 amide bonds. The van der Waals surface area contributed by atoms with Crippen LogP contribution in [0.5, 0.6) is 0 Å². The molecule has 13 heavy (non-hydrogen) atoms. The monoisotopic (exact) mass is 201 g/mol. The first-order valence-corrected chi connectivity index (χ1v) is 5.98. The maximum absolute atomic E-state index is 11.5. The minimum atomic E-state index is -2.67. The van der Waals surface area contributed by atoms with E-state index in [-0.39, 0.29) is 5.54 Å². The van der Waals surface area contributed by atoms with Gasteiger partial charge in [-0.1, -0.05) is 0 Å². The van der Waals surface area contributed by atoms with Crippen molar-refractivity contribution in [3.63, 3.8) is 0 Å². The highest BCUT2D eigenvalue weighted by molar-refractivity contribution is 7.91. The third-order valence-electron chi connectivity index (χ3n) is 1.64. The molecule has 0 aliphatic rings. The fraction of sp³-hybridized carbons (Fsp3) is 0.625. The summed E-state index contributed by atoms with van der Waals surface area (Å²) in [5, 5.41) is 4.56. The second-order valence-electron chi connectivity index (χ2n) is 4.10. The van der Waals surface area contributed by atoms with E-state index in [1.54, 1.807) is 16.9 Å². The summed E-state index contributed by atoms with van der Waals surface area (Å²) in [4.78, 5) is 0. The molecule has 0 saturated carbocycles. The molecule has 74 valence electrons. The molecule has 1 aromatic heterocycles. The Labute approximate surface area is 78.9 Å². The zero-order valence-corrected chi connectivity index (χ0v) is 9.18. The second kappa shape index (κ2) is 2.83. The van der Waals surface area contributed by atoms with E-state index in [4.69, 9.17) is 4.78 Å². The highest BCUT2D eigenvalue weighted by Crippen LogP contribution is 2.19. The number of hydrogen-bond acceptors (Lipinski definition) is 3. The lowest BCUT2D eigenvalue weighted by Gasteiger charge is -2.22. The minimum absolute atomic E-state index is 0.224. The van der Waals surface area contributed by atoms with Crippen LogP contribution in [-0.2, 0) is 15.3 Å². The van der Waals surface area contributed by atoms with Crippen molar-refractivity contribution in [2.75, 3.05) is 6.26 Å². The van der Waals surface area contributed by atoms with Crippen molar-refractivity contribution in [2.24, 2.45) is 0 Å². The van der Waals surface area contributed by atoms with Gasteiger partial charge in [-0.05, 0) is 26.8 Å². The van der Waals surface area contributed by atoms with Gasteiger partial charge in [0.25, 0.3) is 0 Å². The molecular weight excluding hydrogens is 186 g/mol. The highest BCUT2D eigenvalue weighted by Gasteiger charge is 2.20. The quantitative estimate of drug-likeness (QED) is 0.751. The van der Waals surface area contributed by atoms with E-state index in [0.29, 0.717) is 5.03 Å². The lowest BCUT2D eigenvalue weighted by molar-refractivity contribution is 0.327. The van der Waals surface area contributed by atoms with Gasteiger partial charge in [-0.25, -0.2) is 8.99 Å². The summed E-state index contributed by atoms with van der Waals surface area (Å²) in [6.07, 6.45) is 2.99. The third kappa shape index (κ3) is 2.09. The van der Waals surface area contributed by atoms with E-state index in [2.05, 4.69) is 5.10 Å². The zero-order valence-electron chi connectivity index (χ0n) is 8.37. The van der Waals surface area contributed by atoms with Gasteiger partial charge in [0.15, 0.2) is 0 Å². The minimum Gasteiger partial charge on any atom is -0.250 e. The summed E-state index contributed by atoms with van der Waals surface area (Å²) in [5.74, 6) is 0. The van der Waals surface area contributed by atoms with Crippen molar-refractivity contribution in [1.82, 2.24) is 9.78 Å². The van der Waals surface area contributed by atoms with Crippen molar-refractivity contribution < 1.29 is 4.21 Å². The number of rotatable bonds is 1. The molecule has 5 heteroatoms. The van der Waals surface area contributed by atoms with E-state index < -0.39 is 9.73 Å². The molecule has 4 nitrogen and oxygen atoms in total. The van der Waals surface area contributed by atoms with Gasteiger partial charge >= 0.3 is 0 Å². The Morgan fingerprint density at radius 3 is 2.38 bits per heavy atom. The Kier molecular flexibility index (Phi) is 2.23. The number of hydrogen-bond donors (Lipinski definition) is 1. The van der Waals surface area contributed by atoms with Crippen molar-refractivity contribution in [3.8, 4) is 0 Å². The van der Waals surface area contributed by atoms with E-state index in [9.17, 15) is 4.21 Å². The van der Waals surface area contributed by atoms with Gasteiger partial charge in [-0.15, -0.1) is 0 Å². The molecule has 1 unspecified atom stereocenters. The van der Waals surface area contributed by atoms with E-state index >= 15 is 0 Å². The lowest BCUT2D eigenvalue weighted by atomic mass is 10.1. The fourth-order valence-corrected chi connectivity index (χ4v) is 2.06. The molecule has 1 heterocycles. The van der Waals surface area contributed by atoms with E-state index in [1.165, 1.54) is 6.26 Å². The van der Waals surface area contributed by atoms with Crippen LogP contribution in [0.1, 0.15) is 20.8 Å². The average Bonchev–Trinajstić information content (AvgIpc) is 2.27. The standard InChI is InChI=1S/C8H15N3OS/c1-8(2,3)11-7(5-6-10-11)13(4,9)12/h5-6,9H,1-4H3. The van der Waals surface area contributed by atoms with E-state index in [1.807, 2.05) is 20.8 Å². The first-order chi connectivity index (χ1) is 5.73. The van der Waals surface area contributed by atoms with Crippen LogP contribution in [0.2, 0.25) is 0 Å². The Hall–Kier alpha value is -0.840. The molecule has 1 aromatic rings. The second-order valence-corrected chi connectivity index (χ2v) is 6.20. The molecule has 0 aliphatic carbocycles. The Balaban J connectivity index is 3.35. The third-order valence-corrected chi connectivity index (χ3v) is 2.75. The topological polar surface area (TPSA) is 58.7 Å². The van der Waals surface area contributed by atoms with Crippen LogP contribution in [0, 0.1) is 4.78 Å². The maximum Gasteiger partial charge on any atom is 0.133 e. The molecule has 1 atom stereocenters. The summed E-state index contributed by atoms with van der Waals surface area (Å²) < 4.78 is 20.6. The summed E-state index contributed by atoms with van der Waals surface area (Å²) in [6, 6.07) is 1.64. The molecule has 0 aliphatic heterocycles. The van der Waals surface area contributed by atoms with Gasteiger partial charge in [0.1, 0.15) is 5.03 Å². The van der Waals surface area contributed by atoms with Gasteiger partial charge in [0, 0.05) is 6.26 Å². The first-order valence-electron chi connectivity index (χ1n) is 4.01. The molecule has 0 spiro atoms. The van der Waals surface area contributed by atoms with Crippen molar-refractivity contribution >= 4 is 9.73 Å². The number of aromatic nitrogens is 2. The molecule has 0 fully saturated rings. The van der Waals surface area contributed by atoms with E-state index in [0.717, 1.165) is 0 Å². The molecule has 0 radical (unpaired) electrons. The van der Waals surface area contributed by atoms with Crippen molar-refractivity contribution in [2.45, 2.75) is 31.3 Å². The molecule has 0 bridgehead atoms. The van der Waals surface area contributed by atoms with Gasteiger partial charge in [0.2, 0.25) is 0 Å². The van der Waals surface area contributed by atoms with Gasteiger partial charge < -0.3 is 0 Å². The predicted octanol–water partition coefficient (Wildman–Crippen LogP) is 1.67. The highest BCUT2D eigenvalue weighted by atomic mass is 32.2. The normalized spacial score (nSPS) is 16.9. The first kappa shape index (κ1) is 10.2. The molecule has 1 rings (SSSR count). The average molecular weight is 201 g/mol. The summed E-state index contributed by atoms with van der Waals surface area (Å²) in [7, 11) is -2.67. The predicted molar refractivity (Wildman–Crippen MR) is 52.3 cm³/mol. The molecule has 0 aromatic carbocycles. The molecule has 0 saturated heterocycles. The van der Waals surface area contributed by atoms with Crippen LogP contribution in [-0.4, -0.2) is 20.2 Å². The Bertz CT molecular complexity index is 397. The lowest BCUT2D eigenvalue weighted by Crippen LogP contribution is -2.26.